The lowest BCUT2D eigenvalue weighted by Crippen LogP contribution is -2.30. The molecule has 2 amide bonds. The molecule has 1 heterocycles. The van der Waals surface area contributed by atoms with Gasteiger partial charge in [0.15, 0.2) is 11.5 Å². The molecule has 0 aliphatic carbocycles. The molecule has 0 bridgehead atoms. The third-order valence-corrected chi connectivity index (χ3v) is 5.76. The lowest BCUT2D eigenvalue weighted by atomic mass is 10.1. The number of hydrogen-bond donors (Lipinski definition) is 1. The summed E-state index contributed by atoms with van der Waals surface area (Å²) in [4.78, 5) is 26.6. The lowest BCUT2D eigenvalue weighted by molar-refractivity contribution is -0.126. The molecule has 0 aromatic heterocycles. The third kappa shape index (κ3) is 5.99. The van der Waals surface area contributed by atoms with Crippen LogP contribution in [-0.4, -0.2) is 38.8 Å². The monoisotopic (exact) mass is 491 g/mol. The van der Waals surface area contributed by atoms with Crippen LogP contribution in [0, 0.1) is 11.7 Å². The van der Waals surface area contributed by atoms with Crippen LogP contribution in [0.5, 0.6) is 17.2 Å². The average molecular weight is 492 g/mol. The number of hydrogen-bond acceptors (Lipinski definition) is 6. The molecule has 0 radical (unpaired) electrons. The molecule has 3 aromatic carbocycles. The van der Waals surface area contributed by atoms with Crippen molar-refractivity contribution in [2.24, 2.45) is 11.0 Å². The highest BCUT2D eigenvalue weighted by molar-refractivity contribution is 6.00. The van der Waals surface area contributed by atoms with Gasteiger partial charge in [0.25, 0.3) is 0 Å². The van der Waals surface area contributed by atoms with E-state index in [1.165, 1.54) is 25.5 Å². The number of amides is 2. The Bertz CT molecular complexity index is 1250. The van der Waals surface area contributed by atoms with Crippen LogP contribution in [0.25, 0.3) is 0 Å². The smallest absolute Gasteiger partial charge is 0.245 e. The number of nitrogens with zero attached hydrogens (tertiary/aromatic N) is 2. The van der Waals surface area contributed by atoms with E-state index in [1.54, 1.807) is 66.6 Å². The van der Waals surface area contributed by atoms with Gasteiger partial charge in [-0.05, 0) is 65.7 Å². The van der Waals surface area contributed by atoms with Crippen LogP contribution in [0.15, 0.2) is 71.8 Å². The van der Waals surface area contributed by atoms with Crippen molar-refractivity contribution < 1.29 is 28.2 Å². The van der Waals surface area contributed by atoms with Crippen LogP contribution in [-0.2, 0) is 16.2 Å². The molecule has 3 aromatic rings. The highest BCUT2D eigenvalue weighted by Crippen LogP contribution is 2.29. The number of carbonyl (C=O) groups is 2. The Morgan fingerprint density at radius 1 is 1.06 bits per heavy atom. The number of ether oxygens (including phenoxy) is 3. The number of anilines is 1. The largest absolute Gasteiger partial charge is 0.497 e. The summed E-state index contributed by atoms with van der Waals surface area (Å²) >= 11 is 0. The van der Waals surface area contributed by atoms with Gasteiger partial charge in [-0.2, -0.15) is 5.10 Å². The second-order valence-electron chi connectivity index (χ2n) is 8.16. The van der Waals surface area contributed by atoms with Crippen molar-refractivity contribution in [3.8, 4) is 17.2 Å². The highest BCUT2D eigenvalue weighted by atomic mass is 19.1. The summed E-state index contributed by atoms with van der Waals surface area (Å²) in [6.07, 6.45) is 1.60. The van der Waals surface area contributed by atoms with E-state index in [4.69, 9.17) is 14.2 Å². The first-order valence-electron chi connectivity index (χ1n) is 11.3. The Hall–Kier alpha value is -4.40. The lowest BCUT2D eigenvalue weighted by Gasteiger charge is -2.16. The summed E-state index contributed by atoms with van der Waals surface area (Å²) in [5.41, 5.74) is 4.74. The molecule has 9 heteroatoms. The minimum atomic E-state index is -0.506. The van der Waals surface area contributed by atoms with Gasteiger partial charge in [0.2, 0.25) is 11.8 Å². The summed E-state index contributed by atoms with van der Waals surface area (Å²) in [6, 6.07) is 18.4. The average Bonchev–Trinajstić information content (AvgIpc) is 3.30. The fraction of sp³-hybridized carbons (Fsp3) is 0.222. The summed E-state index contributed by atoms with van der Waals surface area (Å²) in [5.74, 6) is 0.440. The molecule has 4 rings (SSSR count). The van der Waals surface area contributed by atoms with E-state index >= 15 is 0 Å². The minimum Gasteiger partial charge on any atom is -0.497 e. The zero-order valence-corrected chi connectivity index (χ0v) is 19.9. The Labute approximate surface area is 208 Å². The Kier molecular flexibility index (Phi) is 7.79. The number of halogens is 1. The van der Waals surface area contributed by atoms with Crippen molar-refractivity contribution in [1.29, 1.82) is 0 Å². The van der Waals surface area contributed by atoms with E-state index in [-0.39, 0.29) is 37.2 Å². The zero-order valence-electron chi connectivity index (χ0n) is 19.9. The van der Waals surface area contributed by atoms with Gasteiger partial charge in [0, 0.05) is 18.7 Å². The fourth-order valence-electron chi connectivity index (χ4n) is 3.78. The zero-order chi connectivity index (χ0) is 25.5. The standard InChI is InChI=1S/C27H26FN3O5/c1-34-23-10-8-22(9-11-23)31-16-20(14-26(31)32)27(33)30-29-15-19-5-12-24(25(13-19)35-2)36-17-18-3-6-21(28)7-4-18/h3-13,15,20H,14,16-17H2,1-2H3,(H,30,33)/b29-15+/t20-/m1/s1. The highest BCUT2D eigenvalue weighted by Gasteiger charge is 2.35. The number of rotatable bonds is 9. The van der Waals surface area contributed by atoms with Crippen molar-refractivity contribution in [3.05, 3.63) is 83.7 Å². The molecule has 1 saturated heterocycles. The molecule has 0 spiro atoms. The molecule has 1 aliphatic rings. The number of nitrogens with one attached hydrogen (secondary N) is 1. The molecule has 0 saturated carbocycles. The maximum Gasteiger partial charge on any atom is 0.245 e. The Morgan fingerprint density at radius 2 is 1.81 bits per heavy atom. The summed E-state index contributed by atoms with van der Waals surface area (Å²) in [7, 11) is 3.10. The van der Waals surface area contributed by atoms with E-state index in [0.717, 1.165) is 5.56 Å². The van der Waals surface area contributed by atoms with Crippen molar-refractivity contribution in [2.45, 2.75) is 13.0 Å². The number of methoxy groups -OCH3 is 2. The molecule has 186 valence electrons. The predicted molar refractivity (Wildman–Crippen MR) is 133 cm³/mol. The van der Waals surface area contributed by atoms with Gasteiger partial charge in [-0.15, -0.1) is 0 Å². The molecule has 0 unspecified atom stereocenters. The van der Waals surface area contributed by atoms with Gasteiger partial charge in [-0.1, -0.05) is 12.1 Å². The summed E-state index contributed by atoms with van der Waals surface area (Å²) < 4.78 is 29.4. The number of hydrazone groups is 1. The maximum atomic E-state index is 13.1. The van der Waals surface area contributed by atoms with E-state index in [1.807, 2.05) is 0 Å². The minimum absolute atomic E-state index is 0.112. The molecule has 8 nitrogen and oxygen atoms in total. The van der Waals surface area contributed by atoms with Crippen LogP contribution < -0.4 is 24.5 Å². The van der Waals surface area contributed by atoms with E-state index in [2.05, 4.69) is 10.5 Å². The molecule has 1 N–H and O–H groups in total. The summed E-state index contributed by atoms with van der Waals surface area (Å²) in [6.45, 7) is 0.536. The quantitative estimate of drug-likeness (QED) is 0.362. The topological polar surface area (TPSA) is 89.5 Å². The molecule has 1 aliphatic heterocycles. The maximum absolute atomic E-state index is 13.1. The normalized spacial score (nSPS) is 15.2. The molecule has 1 fully saturated rings. The number of benzene rings is 3. The van der Waals surface area contributed by atoms with Gasteiger partial charge in [0.05, 0.1) is 26.4 Å². The third-order valence-electron chi connectivity index (χ3n) is 5.76. The van der Waals surface area contributed by atoms with Gasteiger partial charge >= 0.3 is 0 Å². The van der Waals surface area contributed by atoms with Crippen molar-refractivity contribution >= 4 is 23.7 Å². The first-order chi connectivity index (χ1) is 17.5. The van der Waals surface area contributed by atoms with Crippen molar-refractivity contribution in [3.63, 3.8) is 0 Å². The first kappa shape index (κ1) is 24.7. The predicted octanol–water partition coefficient (Wildman–Crippen LogP) is 3.93. The van der Waals surface area contributed by atoms with Crippen LogP contribution >= 0.6 is 0 Å². The molecule has 36 heavy (non-hydrogen) atoms. The van der Waals surface area contributed by atoms with Crippen molar-refractivity contribution in [2.75, 3.05) is 25.7 Å². The fourth-order valence-corrected chi connectivity index (χ4v) is 3.78. The van der Waals surface area contributed by atoms with E-state index < -0.39 is 5.92 Å². The van der Waals surface area contributed by atoms with Crippen LogP contribution in [0.3, 0.4) is 0 Å². The Balaban J connectivity index is 1.32. The van der Waals surface area contributed by atoms with Crippen LogP contribution in [0.1, 0.15) is 17.5 Å². The Morgan fingerprint density at radius 3 is 2.50 bits per heavy atom. The first-order valence-corrected chi connectivity index (χ1v) is 11.3. The van der Waals surface area contributed by atoms with Gasteiger partial charge in [-0.3, -0.25) is 9.59 Å². The molecular formula is C27H26FN3O5. The van der Waals surface area contributed by atoms with E-state index in [0.29, 0.717) is 28.5 Å². The molecular weight excluding hydrogens is 465 g/mol. The second kappa shape index (κ2) is 11.4. The number of carbonyl (C=O) groups excluding carboxylic acids is 2. The van der Waals surface area contributed by atoms with Crippen LogP contribution in [0.2, 0.25) is 0 Å². The summed E-state index contributed by atoms with van der Waals surface area (Å²) in [5, 5.41) is 4.04. The van der Waals surface area contributed by atoms with Crippen LogP contribution in [0.4, 0.5) is 10.1 Å². The van der Waals surface area contributed by atoms with Gasteiger partial charge < -0.3 is 19.1 Å². The van der Waals surface area contributed by atoms with Crippen molar-refractivity contribution in [1.82, 2.24) is 5.43 Å². The van der Waals surface area contributed by atoms with E-state index in [9.17, 15) is 14.0 Å². The van der Waals surface area contributed by atoms with Gasteiger partial charge in [-0.25, -0.2) is 9.82 Å². The van der Waals surface area contributed by atoms with Gasteiger partial charge in [0.1, 0.15) is 18.2 Å². The second-order valence-corrected chi connectivity index (χ2v) is 8.16. The SMILES string of the molecule is COc1ccc(N2C[C@H](C(=O)N/N=C/c3ccc(OCc4ccc(F)cc4)c(OC)c3)CC2=O)cc1. The molecule has 1 atom stereocenters.